The normalized spacial score (nSPS) is 14.9. The fraction of sp³-hybridized carbons (Fsp3) is 0.684. The summed E-state index contributed by atoms with van der Waals surface area (Å²) in [5.74, 6) is 1.74. The highest BCUT2D eigenvalue weighted by atomic mass is 14.8. The van der Waals surface area contributed by atoms with Gasteiger partial charge in [-0.05, 0) is 48.8 Å². The summed E-state index contributed by atoms with van der Waals surface area (Å²) in [6.07, 6.45) is 9.68. The summed E-state index contributed by atoms with van der Waals surface area (Å²) in [7, 11) is 0. The number of hydrogen-bond acceptors (Lipinski definition) is 1. The summed E-state index contributed by atoms with van der Waals surface area (Å²) in [4.78, 5) is 0. The van der Waals surface area contributed by atoms with Crippen molar-refractivity contribution in [2.45, 2.75) is 71.3 Å². The molecule has 0 unspecified atom stereocenters. The first-order chi connectivity index (χ1) is 9.75. The molecule has 0 spiro atoms. The Hall–Kier alpha value is -0.820. The number of hydrogen-bond donors (Lipinski definition) is 1. The van der Waals surface area contributed by atoms with Gasteiger partial charge in [0.25, 0.3) is 0 Å². The third-order valence-corrected chi connectivity index (χ3v) is 4.21. The molecule has 0 amide bonds. The van der Waals surface area contributed by atoms with Crippen molar-refractivity contribution in [2.24, 2.45) is 5.92 Å². The van der Waals surface area contributed by atoms with Gasteiger partial charge in [0.1, 0.15) is 0 Å². The van der Waals surface area contributed by atoms with E-state index in [1.165, 1.54) is 50.5 Å². The van der Waals surface area contributed by atoms with Gasteiger partial charge in [0.2, 0.25) is 0 Å². The van der Waals surface area contributed by atoms with Crippen molar-refractivity contribution < 1.29 is 0 Å². The first kappa shape index (κ1) is 15.6. The standard InChI is InChI=1S/C19H31N/c1-16(2)8-5-3-4-6-13-20-15-17-9-7-10-19(14-17)18-11-12-18/h7,9-10,14,16,18,20H,3-6,8,11-13,15H2,1-2H3. The summed E-state index contributed by atoms with van der Waals surface area (Å²) in [6.45, 7) is 6.83. The summed E-state index contributed by atoms with van der Waals surface area (Å²) >= 11 is 0. The van der Waals surface area contributed by atoms with Crippen LogP contribution in [0.25, 0.3) is 0 Å². The van der Waals surface area contributed by atoms with Gasteiger partial charge in [-0.1, -0.05) is 63.8 Å². The molecule has 112 valence electrons. The zero-order valence-corrected chi connectivity index (χ0v) is 13.3. The van der Waals surface area contributed by atoms with E-state index in [1.807, 2.05) is 0 Å². The van der Waals surface area contributed by atoms with Gasteiger partial charge >= 0.3 is 0 Å². The van der Waals surface area contributed by atoms with Gasteiger partial charge in [-0.2, -0.15) is 0 Å². The molecular weight excluding hydrogens is 242 g/mol. The van der Waals surface area contributed by atoms with E-state index < -0.39 is 0 Å². The van der Waals surface area contributed by atoms with E-state index in [0.29, 0.717) is 0 Å². The Kier molecular flexibility index (Phi) is 6.59. The molecule has 1 N–H and O–H groups in total. The molecule has 0 atom stereocenters. The van der Waals surface area contributed by atoms with Crippen LogP contribution in [0.3, 0.4) is 0 Å². The van der Waals surface area contributed by atoms with Crippen molar-refractivity contribution in [1.82, 2.24) is 5.32 Å². The third kappa shape index (κ3) is 6.09. The molecule has 1 aromatic carbocycles. The van der Waals surface area contributed by atoms with Crippen LogP contribution in [-0.2, 0) is 6.54 Å². The van der Waals surface area contributed by atoms with Crippen LogP contribution in [0, 0.1) is 5.92 Å². The Bertz CT molecular complexity index is 379. The Labute approximate surface area is 125 Å². The molecule has 20 heavy (non-hydrogen) atoms. The van der Waals surface area contributed by atoms with Gasteiger partial charge in [-0.3, -0.25) is 0 Å². The first-order valence-electron chi connectivity index (χ1n) is 8.55. The van der Waals surface area contributed by atoms with Crippen LogP contribution >= 0.6 is 0 Å². The Balaban J connectivity index is 1.51. The van der Waals surface area contributed by atoms with Crippen LogP contribution in [0.5, 0.6) is 0 Å². The minimum atomic E-state index is 0.867. The third-order valence-electron chi connectivity index (χ3n) is 4.21. The van der Waals surface area contributed by atoms with E-state index in [4.69, 9.17) is 0 Å². The van der Waals surface area contributed by atoms with Gasteiger partial charge in [-0.15, -0.1) is 0 Å². The Morgan fingerprint density at radius 2 is 1.90 bits per heavy atom. The molecule has 0 aromatic heterocycles. The smallest absolute Gasteiger partial charge is 0.0205 e. The molecule has 1 aliphatic rings. The topological polar surface area (TPSA) is 12.0 Å². The number of nitrogens with one attached hydrogen (secondary N) is 1. The largest absolute Gasteiger partial charge is 0.313 e. The van der Waals surface area contributed by atoms with E-state index in [0.717, 1.165) is 24.9 Å². The molecular formula is C19H31N. The van der Waals surface area contributed by atoms with E-state index in [9.17, 15) is 0 Å². The molecule has 1 aliphatic carbocycles. The molecule has 1 heteroatoms. The lowest BCUT2D eigenvalue weighted by atomic mass is 10.0. The van der Waals surface area contributed by atoms with Gasteiger partial charge in [0.15, 0.2) is 0 Å². The summed E-state index contributed by atoms with van der Waals surface area (Å²) < 4.78 is 0. The summed E-state index contributed by atoms with van der Waals surface area (Å²) in [6, 6.07) is 9.15. The lowest BCUT2D eigenvalue weighted by Gasteiger charge is -2.07. The monoisotopic (exact) mass is 273 g/mol. The lowest BCUT2D eigenvalue weighted by molar-refractivity contribution is 0.512. The summed E-state index contributed by atoms with van der Waals surface area (Å²) in [5, 5.41) is 3.59. The fourth-order valence-electron chi connectivity index (χ4n) is 2.76. The van der Waals surface area contributed by atoms with Gasteiger partial charge in [0, 0.05) is 6.54 Å². The lowest BCUT2D eigenvalue weighted by Crippen LogP contribution is -2.14. The molecule has 2 rings (SSSR count). The first-order valence-corrected chi connectivity index (χ1v) is 8.55. The zero-order valence-electron chi connectivity index (χ0n) is 13.3. The van der Waals surface area contributed by atoms with Crippen molar-refractivity contribution in [3.63, 3.8) is 0 Å². The SMILES string of the molecule is CC(C)CCCCCCNCc1cccc(C2CC2)c1. The highest BCUT2D eigenvalue weighted by Gasteiger charge is 2.23. The molecule has 0 saturated heterocycles. The molecule has 1 nitrogen and oxygen atoms in total. The predicted molar refractivity (Wildman–Crippen MR) is 88.0 cm³/mol. The van der Waals surface area contributed by atoms with Crippen molar-refractivity contribution in [3.05, 3.63) is 35.4 Å². The molecule has 0 aliphatic heterocycles. The minimum Gasteiger partial charge on any atom is -0.313 e. The van der Waals surface area contributed by atoms with Crippen LogP contribution in [0.2, 0.25) is 0 Å². The Morgan fingerprint density at radius 3 is 2.65 bits per heavy atom. The van der Waals surface area contributed by atoms with Crippen LogP contribution in [0.15, 0.2) is 24.3 Å². The van der Waals surface area contributed by atoms with Crippen molar-refractivity contribution in [3.8, 4) is 0 Å². The maximum absolute atomic E-state index is 3.59. The molecule has 1 aromatic rings. The maximum atomic E-state index is 3.59. The molecule has 1 saturated carbocycles. The molecule has 1 fully saturated rings. The van der Waals surface area contributed by atoms with Crippen molar-refractivity contribution in [1.29, 1.82) is 0 Å². The molecule has 0 heterocycles. The second-order valence-corrected chi connectivity index (χ2v) is 6.79. The van der Waals surface area contributed by atoms with E-state index >= 15 is 0 Å². The predicted octanol–water partition coefficient (Wildman–Crippen LogP) is 5.26. The number of unbranched alkanes of at least 4 members (excludes halogenated alkanes) is 3. The maximum Gasteiger partial charge on any atom is 0.0205 e. The van der Waals surface area contributed by atoms with Crippen LogP contribution in [-0.4, -0.2) is 6.54 Å². The Morgan fingerprint density at radius 1 is 1.10 bits per heavy atom. The number of benzene rings is 1. The highest BCUT2D eigenvalue weighted by molar-refractivity contribution is 5.29. The number of rotatable bonds is 10. The van der Waals surface area contributed by atoms with Crippen molar-refractivity contribution >= 4 is 0 Å². The van der Waals surface area contributed by atoms with Crippen LogP contribution in [0.4, 0.5) is 0 Å². The highest BCUT2D eigenvalue weighted by Crippen LogP contribution is 2.40. The van der Waals surface area contributed by atoms with E-state index in [-0.39, 0.29) is 0 Å². The average Bonchev–Trinajstić information content (AvgIpc) is 3.26. The van der Waals surface area contributed by atoms with E-state index in [2.05, 4.69) is 43.4 Å². The van der Waals surface area contributed by atoms with E-state index in [1.54, 1.807) is 5.56 Å². The minimum absolute atomic E-state index is 0.867. The average molecular weight is 273 g/mol. The second-order valence-electron chi connectivity index (χ2n) is 6.79. The summed E-state index contributed by atoms with van der Waals surface area (Å²) in [5.41, 5.74) is 3.01. The van der Waals surface area contributed by atoms with Gasteiger partial charge in [-0.25, -0.2) is 0 Å². The quantitative estimate of drug-likeness (QED) is 0.573. The van der Waals surface area contributed by atoms with Gasteiger partial charge < -0.3 is 5.32 Å². The van der Waals surface area contributed by atoms with Crippen LogP contribution in [0.1, 0.15) is 75.8 Å². The fourth-order valence-corrected chi connectivity index (χ4v) is 2.76. The van der Waals surface area contributed by atoms with Gasteiger partial charge in [0.05, 0.1) is 0 Å². The zero-order chi connectivity index (χ0) is 14.2. The van der Waals surface area contributed by atoms with Crippen molar-refractivity contribution in [2.75, 3.05) is 6.54 Å². The van der Waals surface area contributed by atoms with Crippen LogP contribution < -0.4 is 5.32 Å². The molecule has 0 radical (unpaired) electrons. The molecule has 0 bridgehead atoms. The second kappa shape index (κ2) is 8.46.